The number of hydrogen-bond donors (Lipinski definition) is 1. The first-order valence-corrected chi connectivity index (χ1v) is 6.52. The highest BCUT2D eigenvalue weighted by Crippen LogP contribution is 2.18. The van der Waals surface area contributed by atoms with E-state index in [-0.39, 0.29) is 5.91 Å². The van der Waals surface area contributed by atoms with Crippen LogP contribution in [0, 0.1) is 5.92 Å². The monoisotopic (exact) mass is 248 g/mol. The van der Waals surface area contributed by atoms with Crippen molar-refractivity contribution in [3.05, 3.63) is 18.1 Å². The Morgan fingerprint density at radius 3 is 2.83 bits per heavy atom. The molecule has 18 heavy (non-hydrogen) atoms. The topological polar surface area (TPSA) is 72.1 Å². The van der Waals surface area contributed by atoms with E-state index in [1.54, 1.807) is 17.3 Å². The van der Waals surface area contributed by atoms with Gasteiger partial charge in [-0.2, -0.15) is 0 Å². The van der Waals surface area contributed by atoms with E-state index in [1.165, 1.54) is 0 Å². The molecule has 2 rings (SSSR count). The molecule has 1 atom stereocenters. The average molecular weight is 248 g/mol. The van der Waals surface area contributed by atoms with Crippen LogP contribution in [-0.4, -0.2) is 29.0 Å². The normalized spacial score (nSPS) is 17.2. The molecule has 0 radical (unpaired) electrons. The highest BCUT2D eigenvalue weighted by Gasteiger charge is 2.22. The van der Waals surface area contributed by atoms with Gasteiger partial charge in [-0.1, -0.05) is 6.92 Å². The van der Waals surface area contributed by atoms with Crippen molar-refractivity contribution in [2.24, 2.45) is 11.7 Å². The van der Waals surface area contributed by atoms with Crippen LogP contribution in [-0.2, 0) is 11.2 Å². The molecule has 0 bridgehead atoms. The lowest BCUT2D eigenvalue weighted by Gasteiger charge is -2.14. The minimum Gasteiger partial charge on any atom is -0.330 e. The van der Waals surface area contributed by atoms with Gasteiger partial charge in [0, 0.05) is 13.0 Å². The number of nitrogens with two attached hydrogens (primary N) is 1. The molecule has 5 heteroatoms. The number of aromatic nitrogens is 2. The van der Waals surface area contributed by atoms with E-state index in [2.05, 4.69) is 16.9 Å². The second-order valence-corrected chi connectivity index (χ2v) is 4.89. The van der Waals surface area contributed by atoms with Crippen LogP contribution in [0.15, 0.2) is 12.4 Å². The summed E-state index contributed by atoms with van der Waals surface area (Å²) in [4.78, 5) is 22.0. The molecule has 98 valence electrons. The highest BCUT2D eigenvalue weighted by atomic mass is 16.2. The minimum absolute atomic E-state index is 0.147. The Balaban J connectivity index is 1.95. The highest BCUT2D eigenvalue weighted by molar-refractivity contribution is 5.94. The molecular weight excluding hydrogens is 228 g/mol. The SMILES string of the molecule is CC(CN)CCc1cnc(N2CCCC2=O)cn1. The molecule has 1 fully saturated rings. The molecule has 0 aromatic carbocycles. The summed E-state index contributed by atoms with van der Waals surface area (Å²) >= 11 is 0. The van der Waals surface area contributed by atoms with Crippen LogP contribution >= 0.6 is 0 Å². The summed E-state index contributed by atoms with van der Waals surface area (Å²) in [5.41, 5.74) is 6.54. The molecule has 2 heterocycles. The third-order valence-electron chi connectivity index (χ3n) is 3.34. The summed E-state index contributed by atoms with van der Waals surface area (Å²) in [6.45, 7) is 3.59. The van der Waals surface area contributed by atoms with E-state index >= 15 is 0 Å². The number of anilines is 1. The number of carbonyl (C=O) groups excluding carboxylic acids is 1. The Morgan fingerprint density at radius 1 is 1.44 bits per heavy atom. The van der Waals surface area contributed by atoms with Crippen LogP contribution < -0.4 is 10.6 Å². The van der Waals surface area contributed by atoms with Crippen molar-refractivity contribution in [2.45, 2.75) is 32.6 Å². The molecule has 1 unspecified atom stereocenters. The van der Waals surface area contributed by atoms with Crippen molar-refractivity contribution in [2.75, 3.05) is 18.0 Å². The number of rotatable bonds is 5. The van der Waals surface area contributed by atoms with Crippen molar-refractivity contribution in [1.82, 2.24) is 9.97 Å². The molecule has 0 saturated carbocycles. The first-order valence-electron chi connectivity index (χ1n) is 6.52. The lowest BCUT2D eigenvalue weighted by molar-refractivity contribution is -0.117. The van der Waals surface area contributed by atoms with E-state index < -0.39 is 0 Å². The summed E-state index contributed by atoms with van der Waals surface area (Å²) in [6.07, 6.45) is 6.91. The Kier molecular flexibility index (Phi) is 4.25. The quantitative estimate of drug-likeness (QED) is 0.848. The van der Waals surface area contributed by atoms with Gasteiger partial charge in [-0.3, -0.25) is 14.7 Å². The summed E-state index contributed by atoms with van der Waals surface area (Å²) in [5.74, 6) is 1.33. The first-order chi connectivity index (χ1) is 8.70. The average Bonchev–Trinajstić information content (AvgIpc) is 2.83. The number of aryl methyl sites for hydroxylation is 1. The number of hydrogen-bond acceptors (Lipinski definition) is 4. The third kappa shape index (κ3) is 3.04. The minimum atomic E-state index is 0.147. The predicted octanol–water partition coefficient (Wildman–Crippen LogP) is 1.13. The van der Waals surface area contributed by atoms with Gasteiger partial charge in [0.15, 0.2) is 5.82 Å². The molecule has 1 aliphatic rings. The van der Waals surface area contributed by atoms with Gasteiger partial charge in [0.1, 0.15) is 0 Å². The van der Waals surface area contributed by atoms with Gasteiger partial charge < -0.3 is 5.73 Å². The number of amides is 1. The number of carbonyl (C=O) groups is 1. The molecule has 5 nitrogen and oxygen atoms in total. The second kappa shape index (κ2) is 5.91. The molecule has 1 amide bonds. The van der Waals surface area contributed by atoms with Gasteiger partial charge in [0.05, 0.1) is 18.1 Å². The van der Waals surface area contributed by atoms with E-state index in [0.717, 1.165) is 31.5 Å². The lowest BCUT2D eigenvalue weighted by atomic mass is 10.1. The fraction of sp³-hybridized carbons (Fsp3) is 0.615. The maximum Gasteiger partial charge on any atom is 0.228 e. The molecule has 2 N–H and O–H groups in total. The van der Waals surface area contributed by atoms with Gasteiger partial charge in [0.2, 0.25) is 5.91 Å². The Hall–Kier alpha value is -1.49. The summed E-state index contributed by atoms with van der Waals surface area (Å²) in [5, 5.41) is 0. The van der Waals surface area contributed by atoms with Gasteiger partial charge in [-0.15, -0.1) is 0 Å². The smallest absolute Gasteiger partial charge is 0.228 e. The lowest BCUT2D eigenvalue weighted by Crippen LogP contribution is -2.24. The third-order valence-corrected chi connectivity index (χ3v) is 3.34. The van der Waals surface area contributed by atoms with Gasteiger partial charge in [0.25, 0.3) is 0 Å². The number of nitrogens with zero attached hydrogens (tertiary/aromatic N) is 3. The van der Waals surface area contributed by atoms with Crippen LogP contribution in [0.5, 0.6) is 0 Å². The summed E-state index contributed by atoms with van der Waals surface area (Å²) in [6, 6.07) is 0. The van der Waals surface area contributed by atoms with Crippen molar-refractivity contribution in [3.63, 3.8) is 0 Å². The zero-order chi connectivity index (χ0) is 13.0. The van der Waals surface area contributed by atoms with E-state index in [9.17, 15) is 4.79 Å². The van der Waals surface area contributed by atoms with Crippen molar-refractivity contribution >= 4 is 11.7 Å². The van der Waals surface area contributed by atoms with E-state index in [4.69, 9.17) is 5.73 Å². The zero-order valence-corrected chi connectivity index (χ0v) is 10.8. The van der Waals surface area contributed by atoms with E-state index in [1.807, 2.05) is 0 Å². The molecule has 0 aliphatic carbocycles. The molecule has 1 aromatic heterocycles. The largest absolute Gasteiger partial charge is 0.330 e. The maximum absolute atomic E-state index is 11.6. The van der Waals surface area contributed by atoms with Gasteiger partial charge in [-0.05, 0) is 31.7 Å². The van der Waals surface area contributed by atoms with Crippen LogP contribution in [0.1, 0.15) is 31.9 Å². The van der Waals surface area contributed by atoms with Gasteiger partial charge >= 0.3 is 0 Å². The fourth-order valence-corrected chi connectivity index (χ4v) is 2.02. The van der Waals surface area contributed by atoms with Crippen LogP contribution in [0.4, 0.5) is 5.82 Å². The standard InChI is InChI=1S/C13H20N4O/c1-10(7-14)4-5-11-8-16-12(9-15-11)17-6-2-3-13(17)18/h8-10H,2-7,14H2,1H3. The predicted molar refractivity (Wildman–Crippen MR) is 70.2 cm³/mol. The zero-order valence-electron chi connectivity index (χ0n) is 10.8. The second-order valence-electron chi connectivity index (χ2n) is 4.89. The fourth-order valence-electron chi connectivity index (χ4n) is 2.02. The van der Waals surface area contributed by atoms with Crippen molar-refractivity contribution in [3.8, 4) is 0 Å². The Bertz CT molecular complexity index is 404. The molecule has 1 saturated heterocycles. The Morgan fingerprint density at radius 2 is 2.28 bits per heavy atom. The molecular formula is C13H20N4O. The van der Waals surface area contributed by atoms with Crippen molar-refractivity contribution < 1.29 is 4.79 Å². The molecule has 0 spiro atoms. The van der Waals surface area contributed by atoms with Crippen LogP contribution in [0.3, 0.4) is 0 Å². The van der Waals surface area contributed by atoms with Crippen LogP contribution in [0.2, 0.25) is 0 Å². The van der Waals surface area contributed by atoms with E-state index in [0.29, 0.717) is 24.7 Å². The summed E-state index contributed by atoms with van der Waals surface area (Å²) < 4.78 is 0. The van der Waals surface area contributed by atoms with Crippen LogP contribution in [0.25, 0.3) is 0 Å². The molecule has 1 aliphatic heterocycles. The first kappa shape index (κ1) is 13.0. The van der Waals surface area contributed by atoms with Gasteiger partial charge in [-0.25, -0.2) is 4.98 Å². The molecule has 1 aromatic rings. The van der Waals surface area contributed by atoms with Crippen molar-refractivity contribution in [1.29, 1.82) is 0 Å². The Labute approximate surface area is 107 Å². The maximum atomic E-state index is 11.6. The summed E-state index contributed by atoms with van der Waals surface area (Å²) in [7, 11) is 0.